The Hall–Kier alpha value is -1.17. The normalized spacial score (nSPS) is 25.9. The number of carboxylic acid groups (broad SMARTS) is 1. The number of nitrogens with zero attached hydrogens (tertiary/aromatic N) is 3. The number of hydrogen-bond donors (Lipinski definition) is 1. The predicted octanol–water partition coefficient (Wildman–Crippen LogP) is 1.00. The molecule has 1 aliphatic rings. The number of carboxylic acids is 1. The summed E-state index contributed by atoms with van der Waals surface area (Å²) in [4.78, 5) is 17.2. The summed E-state index contributed by atoms with van der Waals surface area (Å²) in [7, 11) is 0. The molecule has 0 saturated carbocycles. The van der Waals surface area contributed by atoms with Crippen LogP contribution in [0.2, 0.25) is 0 Å². The molecule has 6 heteroatoms. The van der Waals surface area contributed by atoms with Crippen LogP contribution in [0, 0.1) is 18.8 Å². The lowest BCUT2D eigenvalue weighted by molar-refractivity contribution is -0.142. The van der Waals surface area contributed by atoms with Crippen molar-refractivity contribution in [2.24, 2.45) is 11.8 Å². The Morgan fingerprint density at radius 1 is 1.60 bits per heavy atom. The topological polar surface area (TPSA) is 66.3 Å². The third kappa shape index (κ3) is 1.94. The zero-order chi connectivity index (χ0) is 11.0. The van der Waals surface area contributed by atoms with E-state index in [2.05, 4.69) is 9.36 Å². The van der Waals surface area contributed by atoms with Gasteiger partial charge in [0.2, 0.25) is 5.13 Å². The van der Waals surface area contributed by atoms with Gasteiger partial charge >= 0.3 is 5.97 Å². The van der Waals surface area contributed by atoms with Gasteiger partial charge < -0.3 is 10.0 Å². The quantitative estimate of drug-likeness (QED) is 0.816. The molecular formula is C9H13N3O2S. The Morgan fingerprint density at radius 2 is 2.33 bits per heavy atom. The minimum Gasteiger partial charge on any atom is -0.481 e. The molecule has 1 saturated heterocycles. The van der Waals surface area contributed by atoms with E-state index in [0.29, 0.717) is 6.54 Å². The van der Waals surface area contributed by atoms with E-state index in [1.54, 1.807) is 0 Å². The fourth-order valence-corrected chi connectivity index (χ4v) is 2.55. The highest BCUT2D eigenvalue weighted by Crippen LogP contribution is 2.29. The van der Waals surface area contributed by atoms with Crippen LogP contribution in [0.4, 0.5) is 5.13 Å². The number of aryl methyl sites for hydroxylation is 1. The molecule has 82 valence electrons. The van der Waals surface area contributed by atoms with Crippen molar-refractivity contribution in [1.82, 2.24) is 9.36 Å². The van der Waals surface area contributed by atoms with E-state index in [1.165, 1.54) is 11.5 Å². The number of aromatic nitrogens is 2. The lowest BCUT2D eigenvalue weighted by Crippen LogP contribution is -2.22. The SMILES string of the molecule is Cc1nsc(N2C[C@@H](C)[C@H](C(=O)O)C2)n1. The molecule has 2 heterocycles. The van der Waals surface area contributed by atoms with Crippen LogP contribution in [0.25, 0.3) is 0 Å². The first kappa shape index (κ1) is 10.4. The van der Waals surface area contributed by atoms with Gasteiger partial charge in [0, 0.05) is 24.6 Å². The summed E-state index contributed by atoms with van der Waals surface area (Å²) in [6.07, 6.45) is 0. The maximum absolute atomic E-state index is 10.9. The number of hydrogen-bond acceptors (Lipinski definition) is 5. The molecule has 0 amide bonds. The summed E-state index contributed by atoms with van der Waals surface area (Å²) in [5.74, 6) is -0.0754. The Bertz CT molecular complexity index is 379. The molecule has 0 radical (unpaired) electrons. The Balaban J connectivity index is 2.12. The standard InChI is InChI=1S/C9H13N3O2S/c1-5-3-12(4-7(5)8(13)14)9-10-6(2)11-15-9/h5,7H,3-4H2,1-2H3,(H,13,14)/t5-,7-/m1/s1. The summed E-state index contributed by atoms with van der Waals surface area (Å²) < 4.78 is 4.10. The lowest BCUT2D eigenvalue weighted by atomic mass is 9.99. The Kier molecular flexibility index (Phi) is 2.60. The molecule has 1 aromatic heterocycles. The van der Waals surface area contributed by atoms with E-state index in [-0.39, 0.29) is 11.8 Å². The van der Waals surface area contributed by atoms with Crippen LogP contribution in [0.15, 0.2) is 0 Å². The maximum atomic E-state index is 10.9. The van der Waals surface area contributed by atoms with Gasteiger partial charge in [-0.25, -0.2) is 4.98 Å². The van der Waals surface area contributed by atoms with E-state index in [0.717, 1.165) is 17.5 Å². The van der Waals surface area contributed by atoms with E-state index < -0.39 is 5.97 Å². The van der Waals surface area contributed by atoms with E-state index in [1.807, 2.05) is 18.7 Å². The van der Waals surface area contributed by atoms with Crippen molar-refractivity contribution < 1.29 is 9.90 Å². The first-order valence-electron chi connectivity index (χ1n) is 4.86. The lowest BCUT2D eigenvalue weighted by Gasteiger charge is -2.12. The molecule has 0 aromatic carbocycles. The van der Waals surface area contributed by atoms with E-state index in [9.17, 15) is 4.79 Å². The monoisotopic (exact) mass is 227 g/mol. The zero-order valence-electron chi connectivity index (χ0n) is 8.67. The van der Waals surface area contributed by atoms with Crippen LogP contribution < -0.4 is 4.90 Å². The molecule has 0 aliphatic carbocycles. The van der Waals surface area contributed by atoms with E-state index >= 15 is 0 Å². The highest BCUT2D eigenvalue weighted by atomic mass is 32.1. The second-order valence-corrected chi connectivity index (χ2v) is 4.68. The number of aliphatic carboxylic acids is 1. The van der Waals surface area contributed by atoms with Crippen LogP contribution in [-0.4, -0.2) is 33.5 Å². The van der Waals surface area contributed by atoms with Gasteiger partial charge in [0.05, 0.1) is 5.92 Å². The number of anilines is 1. The van der Waals surface area contributed by atoms with Crippen LogP contribution in [-0.2, 0) is 4.79 Å². The molecular weight excluding hydrogens is 214 g/mol. The Labute approximate surface area is 91.9 Å². The highest BCUT2D eigenvalue weighted by molar-refractivity contribution is 7.09. The molecule has 2 atom stereocenters. The maximum Gasteiger partial charge on any atom is 0.308 e. The van der Waals surface area contributed by atoms with Gasteiger partial charge in [-0.15, -0.1) is 0 Å². The van der Waals surface area contributed by atoms with Crippen molar-refractivity contribution in [2.75, 3.05) is 18.0 Å². The second kappa shape index (κ2) is 3.77. The van der Waals surface area contributed by atoms with Gasteiger partial charge in [-0.05, 0) is 12.8 Å². The van der Waals surface area contributed by atoms with Gasteiger partial charge in [0.15, 0.2) is 0 Å². The van der Waals surface area contributed by atoms with Crippen molar-refractivity contribution in [3.8, 4) is 0 Å². The first-order chi connectivity index (χ1) is 7.08. The van der Waals surface area contributed by atoms with E-state index in [4.69, 9.17) is 5.11 Å². The summed E-state index contributed by atoms with van der Waals surface area (Å²) in [5.41, 5.74) is 0. The first-order valence-corrected chi connectivity index (χ1v) is 5.63. The molecule has 1 aliphatic heterocycles. The summed E-state index contributed by atoms with van der Waals surface area (Å²) in [5, 5.41) is 9.83. The van der Waals surface area contributed by atoms with Gasteiger partial charge in [0.1, 0.15) is 5.82 Å². The minimum atomic E-state index is -0.716. The molecule has 1 aromatic rings. The number of rotatable bonds is 2. The van der Waals surface area contributed by atoms with Crippen molar-refractivity contribution in [2.45, 2.75) is 13.8 Å². The molecule has 0 unspecified atom stereocenters. The summed E-state index contributed by atoms with van der Waals surface area (Å²) in [6, 6.07) is 0. The summed E-state index contributed by atoms with van der Waals surface area (Å²) >= 11 is 1.33. The predicted molar refractivity (Wildman–Crippen MR) is 57.1 cm³/mol. The highest BCUT2D eigenvalue weighted by Gasteiger charge is 2.35. The second-order valence-electron chi connectivity index (χ2n) is 3.95. The van der Waals surface area contributed by atoms with Crippen molar-refractivity contribution in [1.29, 1.82) is 0 Å². The molecule has 15 heavy (non-hydrogen) atoms. The van der Waals surface area contributed by atoms with Gasteiger partial charge in [-0.3, -0.25) is 4.79 Å². The molecule has 0 spiro atoms. The van der Waals surface area contributed by atoms with Gasteiger partial charge in [-0.2, -0.15) is 4.37 Å². The van der Waals surface area contributed by atoms with Crippen molar-refractivity contribution in [3.05, 3.63) is 5.82 Å². The minimum absolute atomic E-state index is 0.173. The largest absolute Gasteiger partial charge is 0.481 e. The Morgan fingerprint density at radius 3 is 2.80 bits per heavy atom. The average molecular weight is 227 g/mol. The van der Waals surface area contributed by atoms with Gasteiger partial charge in [-0.1, -0.05) is 6.92 Å². The van der Waals surface area contributed by atoms with Crippen molar-refractivity contribution >= 4 is 22.6 Å². The molecule has 0 bridgehead atoms. The molecule has 2 rings (SSSR count). The van der Waals surface area contributed by atoms with Gasteiger partial charge in [0.25, 0.3) is 0 Å². The zero-order valence-corrected chi connectivity index (χ0v) is 9.49. The smallest absolute Gasteiger partial charge is 0.308 e. The fraction of sp³-hybridized carbons (Fsp3) is 0.667. The van der Waals surface area contributed by atoms with Crippen LogP contribution in [0.1, 0.15) is 12.7 Å². The van der Waals surface area contributed by atoms with Crippen LogP contribution >= 0.6 is 11.5 Å². The van der Waals surface area contributed by atoms with Crippen LogP contribution in [0.5, 0.6) is 0 Å². The third-order valence-electron chi connectivity index (χ3n) is 2.72. The fourth-order valence-electron chi connectivity index (χ4n) is 1.86. The third-order valence-corrected chi connectivity index (χ3v) is 3.59. The summed E-state index contributed by atoms with van der Waals surface area (Å²) in [6.45, 7) is 5.11. The molecule has 5 nitrogen and oxygen atoms in total. The van der Waals surface area contributed by atoms with Crippen LogP contribution in [0.3, 0.4) is 0 Å². The molecule has 1 N–H and O–H groups in total. The number of carbonyl (C=O) groups is 1. The average Bonchev–Trinajstić information content (AvgIpc) is 2.71. The van der Waals surface area contributed by atoms with Crippen molar-refractivity contribution in [3.63, 3.8) is 0 Å². The molecule has 1 fully saturated rings.